The first kappa shape index (κ1) is 34.1. The fourth-order valence-electron chi connectivity index (χ4n) is 5.55. The van der Waals surface area contributed by atoms with E-state index >= 15 is 0 Å². The molecule has 6 rings (SSSR count). The summed E-state index contributed by atoms with van der Waals surface area (Å²) in [5.74, 6) is 2.41. The first-order chi connectivity index (χ1) is 24.5. The number of hydrogen-bond donors (Lipinski definition) is 1. The van der Waals surface area contributed by atoms with Gasteiger partial charge >= 0.3 is 0 Å². The van der Waals surface area contributed by atoms with Gasteiger partial charge in [-0.15, -0.1) is 10.2 Å². The standard InChI is InChI=1S/C37H36N6O6S/c1-46-27-19-17-25(18-20-27)30-21-31(29-15-10-16-32(47-2)36(29)48-3)43(41-30)35(45)24-50-37-40-39-33(42(37)26-11-6-4-7-12-26)22-38-34(44)23-49-28-13-8-5-9-14-28/h4-20,31H,21-24H2,1-3H3,(H,38,44)/t31-/m1/s1. The summed E-state index contributed by atoms with van der Waals surface area (Å²) in [6, 6.07) is 31.4. The summed E-state index contributed by atoms with van der Waals surface area (Å²) in [5.41, 5.74) is 3.20. The van der Waals surface area contributed by atoms with Crippen LogP contribution in [0.3, 0.4) is 0 Å². The second-order valence-electron chi connectivity index (χ2n) is 11.1. The normalized spacial score (nSPS) is 13.8. The number of ether oxygens (including phenoxy) is 4. The number of nitrogens with zero attached hydrogens (tertiary/aromatic N) is 5. The topological polar surface area (TPSA) is 129 Å². The Morgan fingerprint density at radius 3 is 2.26 bits per heavy atom. The number of benzene rings is 4. The fraction of sp³-hybridized carbons (Fsp3) is 0.216. The summed E-state index contributed by atoms with van der Waals surface area (Å²) in [6.45, 7) is -0.0412. The Labute approximate surface area is 294 Å². The molecular weight excluding hydrogens is 657 g/mol. The maximum absolute atomic E-state index is 14.1. The Kier molecular flexibility index (Phi) is 10.9. The Bertz CT molecular complexity index is 1950. The SMILES string of the molecule is COc1ccc(C2=NN(C(=O)CSc3nnc(CNC(=O)COc4ccccc4)n3-c3ccccc3)[C@@H](c3cccc(OC)c3OC)C2)cc1. The molecule has 12 nitrogen and oxygen atoms in total. The minimum atomic E-state index is -0.443. The number of hydrazone groups is 1. The number of methoxy groups -OCH3 is 3. The molecule has 256 valence electrons. The van der Waals surface area contributed by atoms with E-state index in [1.54, 1.807) is 33.5 Å². The molecule has 1 atom stereocenters. The van der Waals surface area contributed by atoms with E-state index in [4.69, 9.17) is 24.0 Å². The van der Waals surface area contributed by atoms with Gasteiger partial charge in [-0.2, -0.15) is 5.10 Å². The van der Waals surface area contributed by atoms with Crippen LogP contribution in [0, 0.1) is 0 Å². The van der Waals surface area contributed by atoms with Gasteiger partial charge in [0.05, 0.1) is 45.4 Å². The first-order valence-electron chi connectivity index (χ1n) is 15.8. The molecule has 1 N–H and O–H groups in total. The Hall–Kier alpha value is -5.82. The number of carbonyl (C=O) groups excluding carboxylic acids is 2. The van der Waals surface area contributed by atoms with Crippen LogP contribution in [0.15, 0.2) is 113 Å². The van der Waals surface area contributed by atoms with Crippen molar-refractivity contribution in [2.24, 2.45) is 5.10 Å². The molecule has 4 aromatic carbocycles. The van der Waals surface area contributed by atoms with Gasteiger partial charge in [-0.1, -0.05) is 60.3 Å². The van der Waals surface area contributed by atoms with Crippen LogP contribution in [0.5, 0.6) is 23.0 Å². The molecule has 1 aromatic heterocycles. The third-order valence-corrected chi connectivity index (χ3v) is 8.89. The van der Waals surface area contributed by atoms with E-state index in [9.17, 15) is 9.59 Å². The maximum Gasteiger partial charge on any atom is 0.258 e. The van der Waals surface area contributed by atoms with Gasteiger partial charge in [-0.25, -0.2) is 5.01 Å². The van der Waals surface area contributed by atoms with Gasteiger partial charge in [-0.05, 0) is 60.2 Å². The van der Waals surface area contributed by atoms with Crippen molar-refractivity contribution in [2.75, 3.05) is 33.7 Å². The number of aromatic nitrogens is 3. The molecular formula is C37H36N6O6S. The number of para-hydroxylation sites is 3. The smallest absolute Gasteiger partial charge is 0.258 e. The highest BCUT2D eigenvalue weighted by Crippen LogP contribution is 2.42. The van der Waals surface area contributed by atoms with E-state index in [-0.39, 0.29) is 30.7 Å². The van der Waals surface area contributed by atoms with Gasteiger partial charge in [0.15, 0.2) is 29.1 Å². The summed E-state index contributed by atoms with van der Waals surface area (Å²) >= 11 is 1.24. The minimum Gasteiger partial charge on any atom is -0.497 e. The molecule has 2 heterocycles. The van der Waals surface area contributed by atoms with Gasteiger partial charge in [0.1, 0.15) is 11.5 Å². The zero-order valence-corrected chi connectivity index (χ0v) is 28.6. The lowest BCUT2D eigenvalue weighted by Crippen LogP contribution is -2.29. The van der Waals surface area contributed by atoms with E-state index < -0.39 is 6.04 Å². The number of thioether (sulfide) groups is 1. The van der Waals surface area contributed by atoms with Crippen LogP contribution in [0.4, 0.5) is 0 Å². The third kappa shape index (κ3) is 7.73. The lowest BCUT2D eigenvalue weighted by molar-refractivity contribution is -0.130. The van der Waals surface area contributed by atoms with E-state index in [1.807, 2.05) is 95.6 Å². The highest BCUT2D eigenvalue weighted by molar-refractivity contribution is 7.99. The number of carbonyl (C=O) groups is 2. The Morgan fingerprint density at radius 1 is 0.820 bits per heavy atom. The monoisotopic (exact) mass is 692 g/mol. The first-order valence-corrected chi connectivity index (χ1v) is 16.8. The second-order valence-corrected chi connectivity index (χ2v) is 12.0. The van der Waals surface area contributed by atoms with Gasteiger partial charge in [0.25, 0.3) is 11.8 Å². The molecule has 0 spiro atoms. The molecule has 5 aromatic rings. The molecule has 13 heteroatoms. The van der Waals surface area contributed by atoms with Crippen molar-refractivity contribution in [3.8, 4) is 28.7 Å². The van der Waals surface area contributed by atoms with Gasteiger partial charge < -0.3 is 24.3 Å². The van der Waals surface area contributed by atoms with Crippen LogP contribution < -0.4 is 24.3 Å². The Morgan fingerprint density at radius 2 is 1.56 bits per heavy atom. The zero-order chi connectivity index (χ0) is 34.9. The van der Waals surface area contributed by atoms with Crippen LogP contribution in [-0.4, -0.2) is 71.0 Å². The number of rotatable bonds is 14. The van der Waals surface area contributed by atoms with Crippen molar-refractivity contribution in [1.29, 1.82) is 0 Å². The van der Waals surface area contributed by atoms with E-state index in [0.717, 1.165) is 28.3 Å². The summed E-state index contributed by atoms with van der Waals surface area (Å²) < 4.78 is 24.1. The van der Waals surface area contributed by atoms with E-state index in [1.165, 1.54) is 16.8 Å². The molecule has 0 bridgehead atoms. The third-order valence-electron chi connectivity index (χ3n) is 7.98. The number of hydrogen-bond acceptors (Lipinski definition) is 10. The van der Waals surface area contributed by atoms with Crippen LogP contribution in [0.1, 0.15) is 29.4 Å². The molecule has 2 amide bonds. The highest BCUT2D eigenvalue weighted by Gasteiger charge is 2.36. The van der Waals surface area contributed by atoms with Crippen molar-refractivity contribution < 1.29 is 28.5 Å². The number of nitrogens with one attached hydrogen (secondary N) is 1. The van der Waals surface area contributed by atoms with Crippen LogP contribution >= 0.6 is 11.8 Å². The molecule has 1 aliphatic heterocycles. The quantitative estimate of drug-likeness (QED) is 0.151. The minimum absolute atomic E-state index is 0.0183. The van der Waals surface area contributed by atoms with Crippen LogP contribution in [-0.2, 0) is 16.1 Å². The molecule has 0 saturated heterocycles. The summed E-state index contributed by atoms with van der Waals surface area (Å²) in [7, 11) is 4.78. The highest BCUT2D eigenvalue weighted by atomic mass is 32.2. The zero-order valence-electron chi connectivity index (χ0n) is 27.8. The average molecular weight is 693 g/mol. The summed E-state index contributed by atoms with van der Waals surface area (Å²) in [4.78, 5) is 26.7. The molecule has 0 aliphatic carbocycles. The molecule has 0 radical (unpaired) electrons. The molecule has 50 heavy (non-hydrogen) atoms. The average Bonchev–Trinajstić information content (AvgIpc) is 3.80. The summed E-state index contributed by atoms with van der Waals surface area (Å²) in [6.07, 6.45) is 0.463. The van der Waals surface area contributed by atoms with Crippen molar-refractivity contribution in [2.45, 2.75) is 24.2 Å². The van der Waals surface area contributed by atoms with E-state index in [0.29, 0.717) is 34.7 Å². The fourth-order valence-corrected chi connectivity index (χ4v) is 6.37. The van der Waals surface area contributed by atoms with Crippen LogP contribution in [0.2, 0.25) is 0 Å². The number of amides is 2. The van der Waals surface area contributed by atoms with Crippen molar-refractivity contribution in [1.82, 2.24) is 25.1 Å². The maximum atomic E-state index is 14.1. The van der Waals surface area contributed by atoms with E-state index in [2.05, 4.69) is 15.5 Å². The van der Waals surface area contributed by atoms with Crippen molar-refractivity contribution in [3.63, 3.8) is 0 Å². The summed E-state index contributed by atoms with van der Waals surface area (Å²) in [5, 5.41) is 18.5. The Balaban J connectivity index is 1.22. The van der Waals surface area contributed by atoms with Crippen LogP contribution in [0.25, 0.3) is 5.69 Å². The van der Waals surface area contributed by atoms with Crippen molar-refractivity contribution >= 4 is 29.3 Å². The van der Waals surface area contributed by atoms with Gasteiger partial charge in [0, 0.05) is 17.7 Å². The lowest BCUT2D eigenvalue weighted by atomic mass is 9.97. The van der Waals surface area contributed by atoms with Crippen molar-refractivity contribution in [3.05, 3.63) is 120 Å². The molecule has 0 saturated carbocycles. The van der Waals surface area contributed by atoms with Gasteiger partial charge in [0.2, 0.25) is 0 Å². The second kappa shape index (κ2) is 16.1. The molecule has 0 unspecified atom stereocenters. The van der Waals surface area contributed by atoms with Gasteiger partial charge in [-0.3, -0.25) is 14.2 Å². The largest absolute Gasteiger partial charge is 0.497 e. The molecule has 1 aliphatic rings. The lowest BCUT2D eigenvalue weighted by Gasteiger charge is -2.24. The predicted molar refractivity (Wildman–Crippen MR) is 189 cm³/mol. The predicted octanol–water partition coefficient (Wildman–Crippen LogP) is 5.46. The molecule has 0 fully saturated rings.